The third kappa shape index (κ3) is 5.05. The van der Waals surface area contributed by atoms with Gasteiger partial charge in [0.15, 0.2) is 6.61 Å². The molecule has 3 atom stereocenters. The van der Waals surface area contributed by atoms with Crippen LogP contribution in [-0.2, 0) is 16.0 Å². The summed E-state index contributed by atoms with van der Waals surface area (Å²) < 4.78 is 10.8. The van der Waals surface area contributed by atoms with Crippen LogP contribution in [0, 0.1) is 5.92 Å². The lowest BCUT2D eigenvalue weighted by Gasteiger charge is -2.47. The molecule has 4 rings (SSSR count). The van der Waals surface area contributed by atoms with Crippen molar-refractivity contribution in [2.75, 3.05) is 19.7 Å². The summed E-state index contributed by atoms with van der Waals surface area (Å²) in [4.78, 5) is 38.8. The number of amides is 2. The Morgan fingerprint density at radius 3 is 2.91 bits per heavy atom. The maximum absolute atomic E-state index is 12.9. The van der Waals surface area contributed by atoms with E-state index in [1.54, 1.807) is 30.0 Å². The van der Waals surface area contributed by atoms with E-state index < -0.39 is 23.2 Å². The summed E-state index contributed by atoms with van der Waals surface area (Å²) in [5.41, 5.74) is 0.230. The zero-order valence-corrected chi connectivity index (χ0v) is 19.3. The fraction of sp³-hybridized carbons (Fsp3) is 0.560. The van der Waals surface area contributed by atoms with Gasteiger partial charge in [-0.05, 0) is 50.3 Å². The van der Waals surface area contributed by atoms with Crippen molar-refractivity contribution in [2.24, 2.45) is 5.92 Å². The van der Waals surface area contributed by atoms with Crippen molar-refractivity contribution >= 4 is 22.8 Å². The third-order valence-corrected chi connectivity index (χ3v) is 7.04. The summed E-state index contributed by atoms with van der Waals surface area (Å²) in [7, 11) is 0. The van der Waals surface area contributed by atoms with Gasteiger partial charge in [0.2, 0.25) is 5.91 Å². The average molecular weight is 457 g/mol. The van der Waals surface area contributed by atoms with Crippen molar-refractivity contribution in [2.45, 2.75) is 64.0 Å². The molecule has 2 amide bonds. The molecule has 2 aromatic rings. The van der Waals surface area contributed by atoms with Gasteiger partial charge in [-0.25, -0.2) is 4.79 Å². The van der Waals surface area contributed by atoms with Gasteiger partial charge in [-0.15, -0.1) is 0 Å². The molecule has 178 valence electrons. The zero-order valence-electron chi connectivity index (χ0n) is 19.3. The van der Waals surface area contributed by atoms with E-state index in [1.807, 2.05) is 6.92 Å². The second-order valence-corrected chi connectivity index (χ2v) is 9.26. The molecule has 1 aliphatic heterocycles. The number of nitrogens with one attached hydrogen (secondary N) is 1. The maximum Gasteiger partial charge on any atom is 0.336 e. The Labute approximate surface area is 192 Å². The van der Waals surface area contributed by atoms with Gasteiger partial charge in [0.1, 0.15) is 17.4 Å². The first kappa shape index (κ1) is 23.3. The molecule has 1 aliphatic carbocycles. The normalized spacial score (nSPS) is 23.6. The smallest absolute Gasteiger partial charge is 0.336 e. The van der Waals surface area contributed by atoms with Crippen LogP contribution < -0.4 is 15.7 Å². The minimum Gasteiger partial charge on any atom is -0.484 e. The molecule has 1 saturated heterocycles. The first-order valence-corrected chi connectivity index (χ1v) is 11.8. The predicted molar refractivity (Wildman–Crippen MR) is 123 cm³/mol. The second-order valence-electron chi connectivity index (χ2n) is 9.26. The fourth-order valence-corrected chi connectivity index (χ4v) is 5.13. The lowest BCUT2D eigenvalue weighted by atomic mass is 9.71. The summed E-state index contributed by atoms with van der Waals surface area (Å²) in [5, 5.41) is 14.4. The highest BCUT2D eigenvalue weighted by Crippen LogP contribution is 2.39. The summed E-state index contributed by atoms with van der Waals surface area (Å²) in [6.45, 7) is 4.41. The highest BCUT2D eigenvalue weighted by molar-refractivity contribution is 5.88. The van der Waals surface area contributed by atoms with E-state index in [-0.39, 0.29) is 18.4 Å². The van der Waals surface area contributed by atoms with Crippen molar-refractivity contribution in [3.05, 3.63) is 40.2 Å². The van der Waals surface area contributed by atoms with E-state index in [0.29, 0.717) is 37.3 Å². The van der Waals surface area contributed by atoms with E-state index in [4.69, 9.17) is 9.15 Å². The van der Waals surface area contributed by atoms with Gasteiger partial charge >= 0.3 is 5.63 Å². The molecule has 0 bridgehead atoms. The summed E-state index contributed by atoms with van der Waals surface area (Å²) in [6.07, 6.45) is 5.15. The number of fused-ring (bicyclic) bond motifs is 2. The number of carbonyl (C=O) groups excluding carboxylic acids is 2. The van der Waals surface area contributed by atoms with E-state index in [1.165, 1.54) is 6.07 Å². The molecular weight excluding hydrogens is 424 g/mol. The summed E-state index contributed by atoms with van der Waals surface area (Å²) in [5.74, 6) is -0.0431. The minimum atomic E-state index is -0.683. The molecule has 1 saturated carbocycles. The van der Waals surface area contributed by atoms with Crippen molar-refractivity contribution in [3.8, 4) is 5.75 Å². The molecule has 0 spiro atoms. The molecule has 33 heavy (non-hydrogen) atoms. The van der Waals surface area contributed by atoms with Crippen LogP contribution in [-0.4, -0.2) is 53.2 Å². The zero-order chi connectivity index (χ0) is 23.6. The molecule has 0 radical (unpaired) electrons. The van der Waals surface area contributed by atoms with Gasteiger partial charge in [-0.3, -0.25) is 9.59 Å². The number of aliphatic hydroxyl groups is 1. The van der Waals surface area contributed by atoms with E-state index >= 15 is 0 Å². The van der Waals surface area contributed by atoms with Gasteiger partial charge in [0.05, 0.1) is 5.60 Å². The number of benzene rings is 1. The molecule has 2 aliphatic rings. The van der Waals surface area contributed by atoms with Crippen molar-refractivity contribution in [1.29, 1.82) is 0 Å². The van der Waals surface area contributed by atoms with Gasteiger partial charge in [0, 0.05) is 36.5 Å². The molecule has 1 aromatic carbocycles. The van der Waals surface area contributed by atoms with Gasteiger partial charge in [-0.1, -0.05) is 19.8 Å². The number of hydrogen-bond donors (Lipinski definition) is 2. The highest BCUT2D eigenvalue weighted by atomic mass is 16.5. The Balaban J connectivity index is 1.31. The number of piperidine rings is 1. The minimum absolute atomic E-state index is 0.108. The highest BCUT2D eigenvalue weighted by Gasteiger charge is 2.44. The third-order valence-electron chi connectivity index (χ3n) is 7.04. The Bertz CT molecular complexity index is 1100. The topological polar surface area (TPSA) is 109 Å². The van der Waals surface area contributed by atoms with Crippen LogP contribution in [0.2, 0.25) is 0 Å². The quantitative estimate of drug-likeness (QED) is 0.646. The predicted octanol–water partition coefficient (Wildman–Crippen LogP) is 2.39. The standard InChI is InChI=1S/C25H32N2O6/c1-3-17-12-23(29)33-21-13-19(7-8-20(17)21)32-15-22(28)26-16(2)24(30)27-11-10-25(31)9-5-4-6-18(25)14-27/h7-8,12-13,16,18,31H,3-6,9-11,14-15H2,1-2H3,(H,26,28)/t16-,18+,25-/m0/s1. The maximum atomic E-state index is 12.9. The van der Waals surface area contributed by atoms with Crippen molar-refractivity contribution in [3.63, 3.8) is 0 Å². The van der Waals surface area contributed by atoms with Gasteiger partial charge in [0.25, 0.3) is 5.91 Å². The van der Waals surface area contributed by atoms with Crippen LogP contribution in [0.25, 0.3) is 11.0 Å². The fourth-order valence-electron chi connectivity index (χ4n) is 5.13. The number of carbonyl (C=O) groups is 2. The first-order valence-electron chi connectivity index (χ1n) is 11.8. The van der Waals surface area contributed by atoms with Crippen LogP contribution >= 0.6 is 0 Å². The Hall–Kier alpha value is -2.87. The van der Waals surface area contributed by atoms with Crippen LogP contribution in [0.3, 0.4) is 0 Å². The summed E-state index contributed by atoms with van der Waals surface area (Å²) in [6, 6.07) is 5.92. The Morgan fingerprint density at radius 1 is 1.30 bits per heavy atom. The van der Waals surface area contributed by atoms with Crippen molar-refractivity contribution in [1.82, 2.24) is 10.2 Å². The number of hydrogen-bond acceptors (Lipinski definition) is 6. The number of ether oxygens (including phenoxy) is 1. The lowest BCUT2D eigenvalue weighted by Crippen LogP contribution is -2.57. The largest absolute Gasteiger partial charge is 0.484 e. The van der Waals surface area contributed by atoms with E-state index in [0.717, 1.165) is 36.6 Å². The number of aryl methyl sites for hydroxylation is 1. The second kappa shape index (κ2) is 9.55. The summed E-state index contributed by atoms with van der Waals surface area (Å²) >= 11 is 0. The molecule has 2 fully saturated rings. The molecular formula is C25H32N2O6. The molecule has 0 unspecified atom stereocenters. The first-order chi connectivity index (χ1) is 15.8. The number of rotatable bonds is 6. The van der Waals surface area contributed by atoms with Crippen LogP contribution in [0.1, 0.15) is 51.5 Å². The number of nitrogens with zero attached hydrogens (tertiary/aromatic N) is 1. The molecule has 8 heteroatoms. The van der Waals surface area contributed by atoms with Crippen LogP contribution in [0.4, 0.5) is 0 Å². The van der Waals surface area contributed by atoms with Gasteiger partial charge in [-0.2, -0.15) is 0 Å². The van der Waals surface area contributed by atoms with Crippen molar-refractivity contribution < 1.29 is 23.8 Å². The molecule has 2 heterocycles. The van der Waals surface area contributed by atoms with Crippen LogP contribution in [0.5, 0.6) is 5.75 Å². The van der Waals surface area contributed by atoms with Crippen LogP contribution in [0.15, 0.2) is 33.5 Å². The average Bonchev–Trinajstić information content (AvgIpc) is 2.80. The molecule has 1 aromatic heterocycles. The molecule has 2 N–H and O–H groups in total. The monoisotopic (exact) mass is 456 g/mol. The van der Waals surface area contributed by atoms with Gasteiger partial charge < -0.3 is 24.5 Å². The van der Waals surface area contributed by atoms with E-state index in [2.05, 4.69) is 5.32 Å². The Morgan fingerprint density at radius 2 is 2.12 bits per heavy atom. The molecule has 8 nitrogen and oxygen atoms in total. The van der Waals surface area contributed by atoms with E-state index in [9.17, 15) is 19.5 Å². The number of likely N-dealkylation sites (tertiary alicyclic amines) is 1. The lowest BCUT2D eigenvalue weighted by molar-refractivity contribution is -0.146. The Kier molecular flexibility index (Phi) is 6.74. The SMILES string of the molecule is CCc1cc(=O)oc2cc(OCC(=O)N[C@@H](C)C(=O)N3CC[C@@]4(O)CCCC[C@@H]4C3)ccc12.